The number of phenols is 1. The Hall–Kier alpha value is -2.58. The van der Waals surface area contributed by atoms with Crippen LogP contribution in [0.1, 0.15) is 21.5 Å². The molecule has 0 heterocycles. The highest BCUT2D eigenvalue weighted by Crippen LogP contribution is 2.35. The average Bonchev–Trinajstić information content (AvgIpc) is 2.59. The van der Waals surface area contributed by atoms with E-state index in [0.717, 1.165) is 21.7 Å². The van der Waals surface area contributed by atoms with Crippen LogP contribution in [0.4, 0.5) is 5.69 Å². The van der Waals surface area contributed by atoms with Crippen molar-refractivity contribution >= 4 is 48.4 Å². The Morgan fingerprint density at radius 3 is 2.15 bits per heavy atom. The molecule has 3 aromatic carbocycles. The summed E-state index contributed by atoms with van der Waals surface area (Å²) in [4.78, 5) is 11.2. The number of sulfonamides is 1. The van der Waals surface area contributed by atoms with Crippen molar-refractivity contribution < 1.29 is 23.4 Å². The van der Waals surface area contributed by atoms with Crippen LogP contribution in [0, 0.1) is 13.8 Å². The van der Waals surface area contributed by atoms with Gasteiger partial charge in [0.05, 0.1) is 4.90 Å². The third-order valence-corrected chi connectivity index (χ3v) is 6.86. The number of aryl methyl sites for hydroxylation is 2. The second-order valence-electron chi connectivity index (χ2n) is 6.15. The van der Waals surface area contributed by atoms with Crippen LogP contribution >= 0.6 is 15.9 Å². The monoisotopic (exact) mass is 449 g/mol. The summed E-state index contributed by atoms with van der Waals surface area (Å²) >= 11 is 3.43. The maximum atomic E-state index is 13.0. The van der Waals surface area contributed by atoms with Crippen LogP contribution in [-0.2, 0) is 10.0 Å². The number of carbonyl (C=O) groups is 1. The molecule has 0 saturated heterocycles. The van der Waals surface area contributed by atoms with E-state index in [9.17, 15) is 23.4 Å². The minimum atomic E-state index is -4.10. The van der Waals surface area contributed by atoms with Gasteiger partial charge in [-0.2, -0.15) is 0 Å². The van der Waals surface area contributed by atoms with E-state index in [0.29, 0.717) is 5.69 Å². The fraction of sp³-hybridized carbons (Fsp3) is 0.105. The van der Waals surface area contributed by atoms with Crippen molar-refractivity contribution in [3.63, 3.8) is 0 Å². The summed E-state index contributed by atoms with van der Waals surface area (Å²) in [7, 11) is -4.10. The number of rotatable bonds is 4. The zero-order chi connectivity index (χ0) is 19.9. The molecule has 3 aromatic rings. The minimum Gasteiger partial charge on any atom is -0.506 e. The number of aromatic hydroxyl groups is 1. The van der Waals surface area contributed by atoms with Crippen molar-refractivity contribution in [2.75, 3.05) is 4.72 Å². The molecule has 3 rings (SSSR count). The number of aromatic carboxylic acids is 1. The van der Waals surface area contributed by atoms with E-state index in [2.05, 4.69) is 20.7 Å². The van der Waals surface area contributed by atoms with E-state index in [1.54, 1.807) is 24.3 Å². The molecule has 0 unspecified atom stereocenters. The van der Waals surface area contributed by atoms with E-state index in [4.69, 9.17) is 0 Å². The van der Waals surface area contributed by atoms with Crippen LogP contribution in [0.15, 0.2) is 51.8 Å². The van der Waals surface area contributed by atoms with Gasteiger partial charge in [0.2, 0.25) is 0 Å². The largest absolute Gasteiger partial charge is 0.506 e. The molecule has 8 heteroatoms. The highest BCUT2D eigenvalue weighted by atomic mass is 79.9. The maximum Gasteiger partial charge on any atom is 0.339 e. The van der Waals surface area contributed by atoms with E-state index < -0.39 is 27.3 Å². The molecule has 0 amide bonds. The van der Waals surface area contributed by atoms with Gasteiger partial charge >= 0.3 is 5.97 Å². The number of hydrogen-bond donors (Lipinski definition) is 3. The van der Waals surface area contributed by atoms with Gasteiger partial charge in [-0.05, 0) is 43.2 Å². The Morgan fingerprint density at radius 1 is 1.04 bits per heavy atom. The van der Waals surface area contributed by atoms with E-state index in [1.165, 1.54) is 12.1 Å². The third kappa shape index (κ3) is 3.50. The predicted molar refractivity (Wildman–Crippen MR) is 107 cm³/mol. The lowest BCUT2D eigenvalue weighted by molar-refractivity contribution is 0.0694. The number of benzene rings is 3. The third-order valence-electron chi connectivity index (χ3n) is 4.19. The second kappa shape index (κ2) is 6.86. The van der Waals surface area contributed by atoms with Gasteiger partial charge in [-0.1, -0.05) is 40.2 Å². The van der Waals surface area contributed by atoms with Crippen LogP contribution in [-0.4, -0.2) is 24.6 Å². The summed E-state index contributed by atoms with van der Waals surface area (Å²) < 4.78 is 29.4. The van der Waals surface area contributed by atoms with E-state index in [-0.39, 0.29) is 15.7 Å². The molecule has 0 aliphatic rings. The van der Waals surface area contributed by atoms with Gasteiger partial charge in [0, 0.05) is 20.9 Å². The highest BCUT2D eigenvalue weighted by molar-refractivity contribution is 9.10. The molecule has 0 bridgehead atoms. The van der Waals surface area contributed by atoms with Crippen molar-refractivity contribution in [3.05, 3.63) is 63.6 Å². The van der Waals surface area contributed by atoms with Gasteiger partial charge in [0.1, 0.15) is 11.3 Å². The molecular weight excluding hydrogens is 434 g/mol. The molecule has 0 aliphatic heterocycles. The zero-order valence-corrected chi connectivity index (χ0v) is 16.8. The average molecular weight is 450 g/mol. The summed E-state index contributed by atoms with van der Waals surface area (Å²) in [5.41, 5.74) is 1.60. The summed E-state index contributed by atoms with van der Waals surface area (Å²) in [6.07, 6.45) is 0. The molecule has 0 saturated carbocycles. The van der Waals surface area contributed by atoms with Crippen LogP contribution in [0.25, 0.3) is 10.8 Å². The van der Waals surface area contributed by atoms with Gasteiger partial charge in [-0.3, -0.25) is 4.72 Å². The Balaban J connectivity index is 2.21. The molecule has 3 N–H and O–H groups in total. The van der Waals surface area contributed by atoms with Crippen molar-refractivity contribution in [3.8, 4) is 5.75 Å². The summed E-state index contributed by atoms with van der Waals surface area (Å²) in [6, 6.07) is 10.5. The number of anilines is 1. The molecule has 0 aliphatic carbocycles. The topological polar surface area (TPSA) is 104 Å². The summed E-state index contributed by atoms with van der Waals surface area (Å²) in [5.74, 6) is -1.88. The Bertz CT molecular complexity index is 1170. The first-order chi connectivity index (χ1) is 12.6. The number of fused-ring (bicyclic) bond motifs is 1. The Labute approximate surface area is 164 Å². The highest BCUT2D eigenvalue weighted by Gasteiger charge is 2.24. The first-order valence-electron chi connectivity index (χ1n) is 7.89. The first kappa shape index (κ1) is 19.2. The smallest absolute Gasteiger partial charge is 0.339 e. The number of carboxylic acid groups (broad SMARTS) is 1. The number of hydrogen-bond acceptors (Lipinski definition) is 4. The first-order valence-corrected chi connectivity index (χ1v) is 10.2. The fourth-order valence-electron chi connectivity index (χ4n) is 2.93. The number of halogens is 1. The van der Waals surface area contributed by atoms with Gasteiger partial charge in [-0.15, -0.1) is 0 Å². The Morgan fingerprint density at radius 2 is 1.59 bits per heavy atom. The summed E-state index contributed by atoms with van der Waals surface area (Å²) in [5, 5.41) is 19.9. The molecule has 0 spiro atoms. The number of nitrogens with one attached hydrogen (secondary N) is 1. The fourth-order valence-corrected chi connectivity index (χ4v) is 4.43. The second-order valence-corrected chi connectivity index (χ2v) is 8.59. The van der Waals surface area contributed by atoms with E-state index >= 15 is 0 Å². The van der Waals surface area contributed by atoms with Gasteiger partial charge in [0.15, 0.2) is 0 Å². The maximum absolute atomic E-state index is 13.0. The normalized spacial score (nSPS) is 11.5. The van der Waals surface area contributed by atoms with Crippen molar-refractivity contribution in [1.82, 2.24) is 0 Å². The van der Waals surface area contributed by atoms with E-state index in [1.807, 2.05) is 13.8 Å². The lowest BCUT2D eigenvalue weighted by Gasteiger charge is -2.14. The Kier molecular flexibility index (Phi) is 4.88. The molecule has 6 nitrogen and oxygen atoms in total. The molecule has 140 valence electrons. The SMILES string of the molecule is Cc1cc(NS(=O)(=O)c2cc(C(=O)O)c(O)c3ccccc23)cc(C)c1Br. The molecule has 0 fully saturated rings. The molecule has 0 aromatic heterocycles. The number of carboxylic acids is 1. The lowest BCUT2D eigenvalue weighted by Crippen LogP contribution is -2.15. The molecular formula is C19H16BrNO5S. The summed E-state index contributed by atoms with van der Waals surface area (Å²) in [6.45, 7) is 3.68. The molecule has 0 radical (unpaired) electrons. The standard InChI is InChI=1S/C19H16BrNO5S/c1-10-7-12(8-11(2)17(10)20)21-27(25,26)16-9-15(19(23)24)18(22)14-6-4-3-5-13(14)16/h3-9,21-22H,1-2H3,(H,23,24). The van der Waals surface area contributed by atoms with Crippen LogP contribution < -0.4 is 4.72 Å². The quantitative estimate of drug-likeness (QED) is 0.546. The van der Waals surface area contributed by atoms with Crippen LogP contribution in [0.2, 0.25) is 0 Å². The lowest BCUT2D eigenvalue weighted by atomic mass is 10.1. The zero-order valence-electron chi connectivity index (χ0n) is 14.4. The minimum absolute atomic E-state index is 0.154. The van der Waals surface area contributed by atoms with Crippen molar-refractivity contribution in [2.24, 2.45) is 0 Å². The molecule has 0 atom stereocenters. The van der Waals surface area contributed by atoms with Crippen LogP contribution in [0.5, 0.6) is 5.75 Å². The predicted octanol–water partition coefficient (Wildman–Crippen LogP) is 4.42. The molecule has 27 heavy (non-hydrogen) atoms. The van der Waals surface area contributed by atoms with Crippen molar-refractivity contribution in [1.29, 1.82) is 0 Å². The van der Waals surface area contributed by atoms with Gasteiger partial charge in [-0.25, -0.2) is 13.2 Å². The van der Waals surface area contributed by atoms with Gasteiger partial charge < -0.3 is 10.2 Å². The van der Waals surface area contributed by atoms with Crippen molar-refractivity contribution in [2.45, 2.75) is 18.7 Å². The van der Waals surface area contributed by atoms with Gasteiger partial charge in [0.25, 0.3) is 10.0 Å². The van der Waals surface area contributed by atoms with Crippen LogP contribution in [0.3, 0.4) is 0 Å².